The third-order valence-corrected chi connectivity index (χ3v) is 3.73. The molecule has 3 nitrogen and oxygen atoms in total. The molecule has 1 N–H and O–H groups in total. The van der Waals surface area contributed by atoms with Crippen LogP contribution in [0.25, 0.3) is 0 Å². The quantitative estimate of drug-likeness (QED) is 0.904. The van der Waals surface area contributed by atoms with Gasteiger partial charge in [0.15, 0.2) is 0 Å². The summed E-state index contributed by atoms with van der Waals surface area (Å²) in [6.45, 7) is 4.56. The second-order valence-electron chi connectivity index (χ2n) is 5.14. The Hall–Kier alpha value is -1.03. The summed E-state index contributed by atoms with van der Waals surface area (Å²) < 4.78 is 1.78. The maximum atomic E-state index is 10.8. The second-order valence-corrected chi connectivity index (χ2v) is 5.98. The summed E-state index contributed by atoms with van der Waals surface area (Å²) in [4.78, 5) is 0. The van der Waals surface area contributed by atoms with Crippen molar-refractivity contribution < 1.29 is 5.11 Å². The fraction of sp³-hybridized carbons (Fsp3) is 0.400. The fourth-order valence-corrected chi connectivity index (χ4v) is 2.83. The molecule has 1 atom stereocenters. The van der Waals surface area contributed by atoms with Crippen LogP contribution in [0.4, 0.5) is 0 Å². The van der Waals surface area contributed by atoms with Crippen LogP contribution in [0.3, 0.4) is 0 Å². The van der Waals surface area contributed by atoms with Gasteiger partial charge in [-0.25, -0.2) is 0 Å². The Balaban J connectivity index is 2.29. The van der Waals surface area contributed by atoms with Crippen LogP contribution in [0.15, 0.2) is 30.5 Å². The molecule has 108 valence electrons. The zero-order valence-electron chi connectivity index (χ0n) is 11.6. The van der Waals surface area contributed by atoms with Gasteiger partial charge in [-0.1, -0.05) is 42.3 Å². The van der Waals surface area contributed by atoms with E-state index < -0.39 is 5.60 Å². The van der Waals surface area contributed by atoms with E-state index in [-0.39, 0.29) is 0 Å². The normalized spacial score (nSPS) is 14.2. The first-order valence-electron chi connectivity index (χ1n) is 6.62. The SMILES string of the molecule is CCCn1ncc(Cl)c1C(C)(O)Cc1ccc(Cl)cc1. The van der Waals surface area contributed by atoms with Gasteiger partial charge in [0.2, 0.25) is 0 Å². The predicted molar refractivity (Wildman–Crippen MR) is 82.3 cm³/mol. The molecule has 0 bridgehead atoms. The molecule has 1 aromatic carbocycles. The summed E-state index contributed by atoms with van der Waals surface area (Å²) in [6.07, 6.45) is 2.98. The molecular weight excluding hydrogens is 295 g/mol. The van der Waals surface area contributed by atoms with Crippen molar-refractivity contribution in [2.45, 2.75) is 38.8 Å². The lowest BCUT2D eigenvalue weighted by atomic mass is 9.93. The third kappa shape index (κ3) is 3.35. The first kappa shape index (κ1) is 15.4. The Labute approximate surface area is 129 Å². The number of aliphatic hydroxyl groups is 1. The van der Waals surface area contributed by atoms with Crippen molar-refractivity contribution in [1.82, 2.24) is 9.78 Å². The van der Waals surface area contributed by atoms with Crippen molar-refractivity contribution >= 4 is 23.2 Å². The van der Waals surface area contributed by atoms with E-state index in [0.717, 1.165) is 18.5 Å². The number of hydrogen-bond donors (Lipinski definition) is 1. The van der Waals surface area contributed by atoms with E-state index in [9.17, 15) is 5.11 Å². The number of aromatic nitrogens is 2. The van der Waals surface area contributed by atoms with Crippen molar-refractivity contribution in [3.63, 3.8) is 0 Å². The number of rotatable bonds is 5. The van der Waals surface area contributed by atoms with Crippen molar-refractivity contribution in [2.75, 3.05) is 0 Å². The standard InChI is InChI=1S/C15H18Cl2N2O/c1-3-8-19-14(13(17)10-18-19)15(2,20)9-11-4-6-12(16)7-5-11/h4-7,10,20H,3,8-9H2,1-2H3. The lowest BCUT2D eigenvalue weighted by Gasteiger charge is -2.25. The highest BCUT2D eigenvalue weighted by Gasteiger charge is 2.30. The molecule has 20 heavy (non-hydrogen) atoms. The first-order chi connectivity index (χ1) is 9.44. The van der Waals surface area contributed by atoms with Crippen LogP contribution in [0, 0.1) is 0 Å². The maximum Gasteiger partial charge on any atom is 0.109 e. The van der Waals surface area contributed by atoms with Crippen LogP contribution in [0.5, 0.6) is 0 Å². The first-order valence-corrected chi connectivity index (χ1v) is 7.38. The average Bonchev–Trinajstić information content (AvgIpc) is 2.74. The minimum atomic E-state index is -1.07. The Kier molecular flexibility index (Phi) is 4.74. The van der Waals surface area contributed by atoms with Crippen LogP contribution in [0.2, 0.25) is 10.0 Å². The van der Waals surface area contributed by atoms with Crippen molar-refractivity contribution in [1.29, 1.82) is 0 Å². The zero-order valence-corrected chi connectivity index (χ0v) is 13.1. The Morgan fingerprint density at radius 2 is 1.90 bits per heavy atom. The highest BCUT2D eigenvalue weighted by molar-refractivity contribution is 6.31. The van der Waals surface area contributed by atoms with Gasteiger partial charge in [0.1, 0.15) is 5.60 Å². The fourth-order valence-electron chi connectivity index (χ4n) is 2.36. The zero-order chi connectivity index (χ0) is 14.8. The van der Waals surface area contributed by atoms with Crippen molar-refractivity contribution in [3.8, 4) is 0 Å². The van der Waals surface area contributed by atoms with Gasteiger partial charge in [-0.3, -0.25) is 4.68 Å². The maximum absolute atomic E-state index is 10.8. The summed E-state index contributed by atoms with van der Waals surface area (Å²) in [7, 11) is 0. The summed E-state index contributed by atoms with van der Waals surface area (Å²) in [6, 6.07) is 7.45. The van der Waals surface area contributed by atoms with Gasteiger partial charge in [-0.2, -0.15) is 5.10 Å². The molecule has 0 saturated carbocycles. The number of aryl methyl sites for hydroxylation is 1. The molecule has 2 rings (SSSR count). The van der Waals surface area contributed by atoms with Gasteiger partial charge in [0, 0.05) is 18.0 Å². The van der Waals surface area contributed by atoms with Crippen LogP contribution < -0.4 is 0 Å². The molecule has 0 aliphatic carbocycles. The topological polar surface area (TPSA) is 38.0 Å². The second kappa shape index (κ2) is 6.17. The molecule has 0 spiro atoms. The van der Waals surface area contributed by atoms with Crippen molar-refractivity contribution in [3.05, 3.63) is 51.8 Å². The van der Waals surface area contributed by atoms with Crippen LogP contribution in [-0.2, 0) is 18.6 Å². The van der Waals surface area contributed by atoms with Crippen molar-refractivity contribution in [2.24, 2.45) is 0 Å². The Morgan fingerprint density at radius 1 is 1.25 bits per heavy atom. The molecule has 0 fully saturated rings. The van der Waals surface area contributed by atoms with E-state index in [1.807, 2.05) is 24.3 Å². The minimum absolute atomic E-state index is 0.458. The highest BCUT2D eigenvalue weighted by Crippen LogP contribution is 2.31. The molecule has 1 heterocycles. The molecule has 0 amide bonds. The van der Waals surface area contributed by atoms with E-state index in [0.29, 0.717) is 22.2 Å². The molecule has 5 heteroatoms. The predicted octanol–water partition coefficient (Wildman–Crippen LogP) is 4.05. The molecular formula is C15H18Cl2N2O. The minimum Gasteiger partial charge on any atom is -0.383 e. The molecule has 0 radical (unpaired) electrons. The summed E-state index contributed by atoms with van der Waals surface area (Å²) in [5, 5.41) is 16.2. The third-order valence-electron chi connectivity index (χ3n) is 3.20. The Morgan fingerprint density at radius 3 is 2.50 bits per heavy atom. The van der Waals surface area contributed by atoms with E-state index in [4.69, 9.17) is 23.2 Å². The van der Waals surface area contributed by atoms with E-state index in [1.165, 1.54) is 0 Å². The van der Waals surface area contributed by atoms with Crippen LogP contribution in [0.1, 0.15) is 31.5 Å². The van der Waals surface area contributed by atoms with Gasteiger partial charge in [-0.15, -0.1) is 0 Å². The van der Waals surface area contributed by atoms with Gasteiger partial charge in [0.25, 0.3) is 0 Å². The lowest BCUT2D eigenvalue weighted by molar-refractivity contribution is 0.0478. The molecule has 2 aromatic rings. The van der Waals surface area contributed by atoms with Crippen LogP contribution >= 0.6 is 23.2 Å². The lowest BCUT2D eigenvalue weighted by Crippen LogP contribution is -2.28. The molecule has 0 aliphatic heterocycles. The number of halogens is 2. The van der Waals surface area contributed by atoms with Gasteiger partial charge in [-0.05, 0) is 31.0 Å². The molecule has 1 aromatic heterocycles. The number of nitrogens with zero attached hydrogens (tertiary/aromatic N) is 2. The van der Waals surface area contributed by atoms with E-state index in [2.05, 4.69) is 12.0 Å². The molecule has 1 unspecified atom stereocenters. The van der Waals surface area contributed by atoms with E-state index >= 15 is 0 Å². The average molecular weight is 313 g/mol. The number of hydrogen-bond acceptors (Lipinski definition) is 2. The van der Waals surface area contributed by atoms with E-state index in [1.54, 1.807) is 17.8 Å². The van der Waals surface area contributed by atoms with Gasteiger partial charge < -0.3 is 5.11 Å². The van der Waals surface area contributed by atoms with Gasteiger partial charge >= 0.3 is 0 Å². The molecule has 0 aliphatic rings. The largest absolute Gasteiger partial charge is 0.383 e. The number of benzene rings is 1. The summed E-state index contributed by atoms with van der Waals surface area (Å²) >= 11 is 12.1. The summed E-state index contributed by atoms with van der Waals surface area (Å²) in [5.74, 6) is 0. The summed E-state index contributed by atoms with van der Waals surface area (Å²) in [5.41, 5.74) is 0.590. The van der Waals surface area contributed by atoms with Crippen LogP contribution in [-0.4, -0.2) is 14.9 Å². The smallest absolute Gasteiger partial charge is 0.109 e. The Bertz CT molecular complexity index is 576. The van der Waals surface area contributed by atoms with Gasteiger partial charge in [0.05, 0.1) is 16.9 Å². The molecule has 0 saturated heterocycles. The monoisotopic (exact) mass is 312 g/mol. The highest BCUT2D eigenvalue weighted by atomic mass is 35.5.